The summed E-state index contributed by atoms with van der Waals surface area (Å²) in [6, 6.07) is 2.83. The number of aromatic nitrogens is 3. The summed E-state index contributed by atoms with van der Waals surface area (Å²) in [5.41, 5.74) is -0.386. The maximum atomic E-state index is 13.5. The summed E-state index contributed by atoms with van der Waals surface area (Å²) in [6.07, 6.45) is 2.79. The predicted octanol–water partition coefficient (Wildman–Crippen LogP) is 1.42. The van der Waals surface area contributed by atoms with Gasteiger partial charge in [0.2, 0.25) is 10.0 Å². The van der Waals surface area contributed by atoms with E-state index in [1.165, 1.54) is 22.0 Å². The van der Waals surface area contributed by atoms with Crippen molar-refractivity contribution in [1.29, 1.82) is 0 Å². The van der Waals surface area contributed by atoms with Gasteiger partial charge in [0.15, 0.2) is 5.82 Å². The summed E-state index contributed by atoms with van der Waals surface area (Å²) in [5, 5.41) is 6.50. The predicted molar refractivity (Wildman–Crippen MR) is 94.2 cm³/mol. The topological polar surface area (TPSA) is 97.3 Å². The molecule has 2 aromatic rings. The minimum Gasteiger partial charge on any atom is -0.495 e. The van der Waals surface area contributed by atoms with Crippen molar-refractivity contribution in [3.05, 3.63) is 40.3 Å². The molecule has 1 saturated carbocycles. The maximum absolute atomic E-state index is 13.5. The van der Waals surface area contributed by atoms with Crippen LogP contribution >= 0.6 is 0 Å². The molecule has 2 heterocycles. The van der Waals surface area contributed by atoms with E-state index in [4.69, 9.17) is 4.74 Å². The van der Waals surface area contributed by atoms with Gasteiger partial charge >= 0.3 is 5.69 Å². The average Bonchev–Trinajstić information content (AvgIpc) is 3.30. The van der Waals surface area contributed by atoms with Gasteiger partial charge in [0.1, 0.15) is 16.5 Å². The van der Waals surface area contributed by atoms with Crippen LogP contribution in [-0.2, 0) is 17.1 Å². The van der Waals surface area contributed by atoms with Crippen LogP contribution in [0.3, 0.4) is 0 Å². The average molecular weight is 396 g/mol. The van der Waals surface area contributed by atoms with Crippen molar-refractivity contribution >= 4 is 10.0 Å². The van der Waals surface area contributed by atoms with E-state index in [1.807, 2.05) is 0 Å². The van der Waals surface area contributed by atoms with E-state index in [9.17, 15) is 17.6 Å². The lowest BCUT2D eigenvalue weighted by Crippen LogP contribution is -2.35. The number of nitrogens with zero attached hydrogens (tertiary/aromatic N) is 3. The molecule has 2 unspecified atom stereocenters. The van der Waals surface area contributed by atoms with Gasteiger partial charge in [-0.15, -0.1) is 0 Å². The Bertz CT molecular complexity index is 1030. The highest BCUT2D eigenvalue weighted by Gasteiger charge is 2.50. The Morgan fingerprint density at radius 1 is 1.30 bits per heavy atom. The fourth-order valence-electron chi connectivity index (χ4n) is 4.00. The second kappa shape index (κ2) is 6.45. The Morgan fingerprint density at radius 3 is 2.63 bits per heavy atom. The summed E-state index contributed by atoms with van der Waals surface area (Å²) in [7, 11) is -1.09. The van der Waals surface area contributed by atoms with Gasteiger partial charge in [0.05, 0.1) is 13.2 Å². The van der Waals surface area contributed by atoms with Crippen LogP contribution in [0.5, 0.6) is 5.75 Å². The molecule has 1 aromatic heterocycles. The monoisotopic (exact) mass is 396 g/mol. The van der Waals surface area contributed by atoms with Gasteiger partial charge in [-0.3, -0.25) is 4.57 Å². The van der Waals surface area contributed by atoms with Crippen molar-refractivity contribution < 1.29 is 17.5 Å². The molecule has 0 spiro atoms. The highest BCUT2D eigenvalue weighted by Crippen LogP contribution is 2.51. The second-order valence-electron chi connectivity index (χ2n) is 7.09. The molecule has 10 heteroatoms. The van der Waals surface area contributed by atoms with Crippen LogP contribution in [0, 0.1) is 17.7 Å². The second-order valence-corrected chi connectivity index (χ2v) is 8.95. The molecular formula is C17H21FN4O4S. The molecule has 1 aliphatic carbocycles. The number of benzene rings is 1. The van der Waals surface area contributed by atoms with Crippen molar-refractivity contribution in [1.82, 2.24) is 19.1 Å². The molecule has 1 N–H and O–H groups in total. The summed E-state index contributed by atoms with van der Waals surface area (Å²) in [6.45, 7) is 0.315. The lowest BCUT2D eigenvalue weighted by Gasteiger charge is -2.27. The maximum Gasteiger partial charge on any atom is 0.343 e. The molecule has 1 aromatic carbocycles. The molecule has 0 bridgehead atoms. The number of H-pyrrole nitrogens is 1. The van der Waals surface area contributed by atoms with E-state index in [0.717, 1.165) is 25.0 Å². The molecule has 27 heavy (non-hydrogen) atoms. The highest BCUT2D eigenvalue weighted by atomic mass is 32.2. The van der Waals surface area contributed by atoms with Crippen LogP contribution in [0.25, 0.3) is 0 Å². The molecule has 2 aliphatic rings. The zero-order valence-corrected chi connectivity index (χ0v) is 15.9. The zero-order valence-electron chi connectivity index (χ0n) is 15.1. The van der Waals surface area contributed by atoms with Gasteiger partial charge in [0.25, 0.3) is 0 Å². The standard InChI is InChI=1S/C17H21FN4O4S/c1-21-16(19-20-17(21)23)15-12(10-3-4-10)7-8-22(15)27(24,25)14-6-5-11(18)9-13(14)26-2/h5-6,9-10,12,15H,3-4,7-8H2,1-2H3,(H,20,23). The molecule has 2 fully saturated rings. The number of nitrogens with one attached hydrogen (secondary N) is 1. The molecule has 0 radical (unpaired) electrons. The SMILES string of the molecule is COc1cc(F)ccc1S(=O)(=O)N1CCC(C2CC2)C1c1n[nH]c(=O)n1C. The van der Waals surface area contributed by atoms with Gasteiger partial charge in [-0.25, -0.2) is 22.7 Å². The molecule has 0 amide bonds. The number of ether oxygens (including phenoxy) is 1. The molecule has 2 atom stereocenters. The normalized spacial score (nSPS) is 23.7. The van der Waals surface area contributed by atoms with E-state index >= 15 is 0 Å². The summed E-state index contributed by atoms with van der Waals surface area (Å²) in [4.78, 5) is 11.8. The number of methoxy groups -OCH3 is 1. The van der Waals surface area contributed by atoms with Crippen molar-refractivity contribution in [2.75, 3.05) is 13.7 Å². The van der Waals surface area contributed by atoms with Crippen LogP contribution in [0.15, 0.2) is 27.9 Å². The van der Waals surface area contributed by atoms with E-state index in [-0.39, 0.29) is 22.3 Å². The molecule has 4 rings (SSSR count). The Morgan fingerprint density at radius 2 is 2.04 bits per heavy atom. The van der Waals surface area contributed by atoms with E-state index in [1.54, 1.807) is 7.05 Å². The van der Waals surface area contributed by atoms with Crippen LogP contribution in [0.2, 0.25) is 0 Å². The van der Waals surface area contributed by atoms with Gasteiger partial charge in [0, 0.05) is 19.7 Å². The Balaban J connectivity index is 1.81. The van der Waals surface area contributed by atoms with E-state index in [0.29, 0.717) is 24.7 Å². The third-order valence-corrected chi connectivity index (χ3v) is 7.44. The summed E-state index contributed by atoms with van der Waals surface area (Å²) < 4.78 is 48.2. The third kappa shape index (κ3) is 2.96. The van der Waals surface area contributed by atoms with Gasteiger partial charge in [-0.05, 0) is 43.2 Å². The zero-order chi connectivity index (χ0) is 19.3. The Labute approximate surface area is 156 Å². The number of aromatic amines is 1. The van der Waals surface area contributed by atoms with Crippen molar-refractivity contribution in [2.45, 2.75) is 30.2 Å². The van der Waals surface area contributed by atoms with Crippen molar-refractivity contribution in [2.24, 2.45) is 18.9 Å². The smallest absolute Gasteiger partial charge is 0.343 e. The highest BCUT2D eigenvalue weighted by molar-refractivity contribution is 7.89. The van der Waals surface area contributed by atoms with Gasteiger partial charge < -0.3 is 4.74 Å². The minimum absolute atomic E-state index is 0.0421. The summed E-state index contributed by atoms with van der Waals surface area (Å²) in [5.74, 6) is 0.310. The first-order valence-electron chi connectivity index (χ1n) is 8.81. The number of rotatable bonds is 5. The fraction of sp³-hybridized carbons (Fsp3) is 0.529. The van der Waals surface area contributed by atoms with E-state index < -0.39 is 21.9 Å². The van der Waals surface area contributed by atoms with E-state index in [2.05, 4.69) is 10.2 Å². The first-order valence-corrected chi connectivity index (χ1v) is 10.2. The number of hydrogen-bond acceptors (Lipinski definition) is 5. The first-order chi connectivity index (χ1) is 12.8. The molecule has 1 saturated heterocycles. The molecule has 1 aliphatic heterocycles. The largest absolute Gasteiger partial charge is 0.495 e. The van der Waals surface area contributed by atoms with Gasteiger partial charge in [-0.2, -0.15) is 9.40 Å². The number of halogens is 1. The fourth-order valence-corrected chi connectivity index (χ4v) is 5.78. The lowest BCUT2D eigenvalue weighted by atomic mass is 9.95. The third-order valence-electron chi connectivity index (χ3n) is 5.52. The quantitative estimate of drug-likeness (QED) is 0.824. The molecule has 8 nitrogen and oxygen atoms in total. The lowest BCUT2D eigenvalue weighted by molar-refractivity contribution is 0.300. The Hall–Kier alpha value is -2.20. The number of hydrogen-bond donors (Lipinski definition) is 1. The van der Waals surface area contributed by atoms with Crippen LogP contribution < -0.4 is 10.4 Å². The molecule has 146 valence electrons. The minimum atomic E-state index is -3.97. The van der Waals surface area contributed by atoms with Crippen LogP contribution in [-0.4, -0.2) is 41.1 Å². The first kappa shape index (κ1) is 18.2. The van der Waals surface area contributed by atoms with Crippen LogP contribution in [0.4, 0.5) is 4.39 Å². The van der Waals surface area contributed by atoms with Gasteiger partial charge in [-0.1, -0.05) is 0 Å². The molecular weight excluding hydrogens is 375 g/mol. The van der Waals surface area contributed by atoms with Crippen molar-refractivity contribution in [3.63, 3.8) is 0 Å². The van der Waals surface area contributed by atoms with Crippen molar-refractivity contribution in [3.8, 4) is 5.75 Å². The van der Waals surface area contributed by atoms with Crippen LogP contribution in [0.1, 0.15) is 31.1 Å². The Kier molecular flexibility index (Phi) is 4.34. The summed E-state index contributed by atoms with van der Waals surface area (Å²) >= 11 is 0. The number of sulfonamides is 1.